The second-order valence-corrected chi connectivity index (χ2v) is 7.73. The summed E-state index contributed by atoms with van der Waals surface area (Å²) in [7, 11) is 0. The molecule has 3 amide bonds. The van der Waals surface area contributed by atoms with E-state index in [4.69, 9.17) is 9.15 Å². The largest absolute Gasteiger partial charge is 0.483 e. The molecule has 0 unspecified atom stereocenters. The molecule has 3 aromatic rings. The number of furan rings is 1. The van der Waals surface area contributed by atoms with Gasteiger partial charge in [-0.05, 0) is 36.6 Å². The summed E-state index contributed by atoms with van der Waals surface area (Å²) in [6.07, 6.45) is 2.48. The molecule has 0 spiro atoms. The number of para-hydroxylation sites is 1. The Morgan fingerprint density at radius 1 is 0.909 bits per heavy atom. The van der Waals surface area contributed by atoms with Crippen LogP contribution in [0.1, 0.15) is 23.4 Å². The Kier molecular flexibility index (Phi) is 7.04. The minimum Gasteiger partial charge on any atom is -0.483 e. The van der Waals surface area contributed by atoms with Gasteiger partial charge in [0.15, 0.2) is 12.4 Å². The van der Waals surface area contributed by atoms with Crippen LogP contribution in [0.2, 0.25) is 0 Å². The Bertz CT molecular complexity index is 1090. The fourth-order valence-corrected chi connectivity index (χ4v) is 3.76. The number of carbonyl (C=O) groups excluding carboxylic acids is 3. The molecule has 33 heavy (non-hydrogen) atoms. The van der Waals surface area contributed by atoms with E-state index >= 15 is 0 Å². The maximum absolute atomic E-state index is 12.4. The number of piperidine rings is 1. The van der Waals surface area contributed by atoms with Gasteiger partial charge in [0.2, 0.25) is 5.91 Å². The minimum atomic E-state index is -0.461. The Labute approximate surface area is 191 Å². The number of benzene rings is 2. The van der Waals surface area contributed by atoms with Crippen LogP contribution < -0.4 is 15.6 Å². The first-order valence-electron chi connectivity index (χ1n) is 10.8. The van der Waals surface area contributed by atoms with Crippen molar-refractivity contribution in [2.45, 2.75) is 12.8 Å². The summed E-state index contributed by atoms with van der Waals surface area (Å²) < 4.78 is 10.8. The molecule has 1 saturated heterocycles. The average molecular weight is 447 g/mol. The van der Waals surface area contributed by atoms with E-state index in [1.165, 1.54) is 6.26 Å². The van der Waals surface area contributed by atoms with Crippen LogP contribution in [0, 0.1) is 5.92 Å². The van der Waals surface area contributed by atoms with Crippen LogP contribution in [0.5, 0.6) is 5.75 Å². The highest BCUT2D eigenvalue weighted by Gasteiger charge is 2.29. The van der Waals surface area contributed by atoms with Crippen LogP contribution in [0.15, 0.2) is 77.4 Å². The second kappa shape index (κ2) is 10.5. The number of likely N-dealkylation sites (tertiary alicyclic amines) is 1. The zero-order valence-corrected chi connectivity index (χ0v) is 18.0. The topological polar surface area (TPSA) is 101 Å². The number of hydrogen-bond donors (Lipinski definition) is 2. The standard InChI is InChI=1S/C25H25N3O5/c29-23(17-33-21-10-5-4-9-20(21)18-7-2-1-3-8-18)26-27-24(30)19-12-14-28(15-13-19)25(31)22-11-6-16-32-22/h1-11,16,19H,12-15,17H2,(H,26,29)(H,27,30). The van der Waals surface area contributed by atoms with Crippen LogP contribution in [0.3, 0.4) is 0 Å². The lowest BCUT2D eigenvalue weighted by atomic mass is 9.96. The molecule has 0 aliphatic carbocycles. The van der Waals surface area contributed by atoms with E-state index in [2.05, 4.69) is 10.9 Å². The number of hydrazine groups is 1. The molecule has 4 rings (SSSR count). The van der Waals surface area contributed by atoms with E-state index in [-0.39, 0.29) is 24.3 Å². The van der Waals surface area contributed by atoms with E-state index in [0.717, 1.165) is 11.1 Å². The van der Waals surface area contributed by atoms with Gasteiger partial charge < -0.3 is 14.1 Å². The number of nitrogens with one attached hydrogen (secondary N) is 2. The van der Waals surface area contributed by atoms with Gasteiger partial charge in [-0.2, -0.15) is 0 Å². The highest BCUT2D eigenvalue weighted by Crippen LogP contribution is 2.29. The van der Waals surface area contributed by atoms with E-state index in [9.17, 15) is 14.4 Å². The van der Waals surface area contributed by atoms with Gasteiger partial charge >= 0.3 is 0 Å². The molecule has 8 nitrogen and oxygen atoms in total. The van der Waals surface area contributed by atoms with Gasteiger partial charge in [0.05, 0.1) is 6.26 Å². The summed E-state index contributed by atoms with van der Waals surface area (Å²) in [5, 5.41) is 0. The van der Waals surface area contributed by atoms with Crippen molar-refractivity contribution in [3.05, 3.63) is 78.8 Å². The zero-order chi connectivity index (χ0) is 23.0. The number of rotatable bonds is 6. The molecular formula is C25H25N3O5. The van der Waals surface area contributed by atoms with Crippen LogP contribution in [-0.2, 0) is 9.59 Å². The number of carbonyl (C=O) groups is 3. The summed E-state index contributed by atoms with van der Waals surface area (Å²) in [4.78, 5) is 38.6. The van der Waals surface area contributed by atoms with Crippen LogP contribution in [0.4, 0.5) is 0 Å². The van der Waals surface area contributed by atoms with Gasteiger partial charge in [0.1, 0.15) is 5.75 Å². The molecule has 8 heteroatoms. The maximum atomic E-state index is 12.4. The maximum Gasteiger partial charge on any atom is 0.289 e. The highest BCUT2D eigenvalue weighted by molar-refractivity contribution is 5.91. The molecule has 2 N–H and O–H groups in total. The van der Waals surface area contributed by atoms with Crippen molar-refractivity contribution in [1.29, 1.82) is 0 Å². The molecule has 1 aliphatic rings. The quantitative estimate of drug-likeness (QED) is 0.566. The number of ether oxygens (including phenoxy) is 1. The van der Waals surface area contributed by atoms with Crippen molar-refractivity contribution in [3.8, 4) is 16.9 Å². The first-order chi connectivity index (χ1) is 16.1. The average Bonchev–Trinajstić information content (AvgIpc) is 3.41. The predicted octanol–water partition coefficient (Wildman–Crippen LogP) is 3.03. The molecule has 0 atom stereocenters. The van der Waals surface area contributed by atoms with Gasteiger partial charge in [0, 0.05) is 24.6 Å². The SMILES string of the molecule is O=C(COc1ccccc1-c1ccccc1)NNC(=O)C1CCN(C(=O)c2ccco2)CC1. The smallest absolute Gasteiger partial charge is 0.289 e. The summed E-state index contributed by atoms with van der Waals surface area (Å²) in [5.41, 5.74) is 6.74. The molecule has 2 aromatic carbocycles. The molecule has 0 saturated carbocycles. The molecule has 0 radical (unpaired) electrons. The van der Waals surface area contributed by atoms with E-state index < -0.39 is 5.91 Å². The Morgan fingerprint density at radius 2 is 1.64 bits per heavy atom. The summed E-state index contributed by atoms with van der Waals surface area (Å²) in [5.74, 6) is -0.335. The van der Waals surface area contributed by atoms with E-state index in [1.807, 2.05) is 48.5 Å². The Balaban J connectivity index is 1.22. The van der Waals surface area contributed by atoms with E-state index in [0.29, 0.717) is 37.4 Å². The fraction of sp³-hybridized carbons (Fsp3) is 0.240. The van der Waals surface area contributed by atoms with Crippen molar-refractivity contribution in [3.63, 3.8) is 0 Å². The van der Waals surface area contributed by atoms with Crippen molar-refractivity contribution in [2.75, 3.05) is 19.7 Å². The van der Waals surface area contributed by atoms with Crippen LogP contribution in [0.25, 0.3) is 11.1 Å². The highest BCUT2D eigenvalue weighted by atomic mass is 16.5. The normalized spacial score (nSPS) is 13.9. The number of amides is 3. The van der Waals surface area contributed by atoms with Gasteiger partial charge in [-0.1, -0.05) is 48.5 Å². The van der Waals surface area contributed by atoms with Crippen molar-refractivity contribution < 1.29 is 23.5 Å². The number of hydrogen-bond acceptors (Lipinski definition) is 5. The lowest BCUT2D eigenvalue weighted by molar-refractivity contribution is -0.132. The third kappa shape index (κ3) is 5.60. The lowest BCUT2D eigenvalue weighted by Crippen LogP contribution is -2.49. The summed E-state index contributed by atoms with van der Waals surface area (Å²) in [6, 6.07) is 20.5. The molecule has 170 valence electrons. The van der Waals surface area contributed by atoms with Gasteiger partial charge in [-0.3, -0.25) is 25.2 Å². The first kappa shape index (κ1) is 22.1. The molecule has 1 fully saturated rings. The van der Waals surface area contributed by atoms with Gasteiger partial charge in [-0.15, -0.1) is 0 Å². The summed E-state index contributed by atoms with van der Waals surface area (Å²) >= 11 is 0. The van der Waals surface area contributed by atoms with Gasteiger partial charge in [-0.25, -0.2) is 0 Å². The monoisotopic (exact) mass is 447 g/mol. The minimum absolute atomic E-state index is 0.180. The zero-order valence-electron chi connectivity index (χ0n) is 18.0. The Hall–Kier alpha value is -4.07. The van der Waals surface area contributed by atoms with Gasteiger partial charge in [0.25, 0.3) is 11.8 Å². The van der Waals surface area contributed by atoms with Crippen molar-refractivity contribution >= 4 is 17.7 Å². The van der Waals surface area contributed by atoms with Crippen LogP contribution in [-0.4, -0.2) is 42.3 Å². The Morgan fingerprint density at radius 3 is 2.36 bits per heavy atom. The third-order valence-corrected chi connectivity index (χ3v) is 5.54. The first-order valence-corrected chi connectivity index (χ1v) is 10.8. The third-order valence-electron chi connectivity index (χ3n) is 5.54. The fourth-order valence-electron chi connectivity index (χ4n) is 3.76. The van der Waals surface area contributed by atoms with E-state index in [1.54, 1.807) is 23.1 Å². The molecular weight excluding hydrogens is 422 g/mol. The molecule has 2 heterocycles. The molecule has 1 aliphatic heterocycles. The second-order valence-electron chi connectivity index (χ2n) is 7.73. The summed E-state index contributed by atoms with van der Waals surface area (Å²) in [6.45, 7) is 0.663. The number of nitrogens with zero attached hydrogens (tertiary/aromatic N) is 1. The molecule has 1 aromatic heterocycles. The lowest BCUT2D eigenvalue weighted by Gasteiger charge is -2.30. The molecule has 0 bridgehead atoms. The van der Waals surface area contributed by atoms with Crippen molar-refractivity contribution in [1.82, 2.24) is 15.8 Å². The van der Waals surface area contributed by atoms with Crippen molar-refractivity contribution in [2.24, 2.45) is 5.92 Å². The van der Waals surface area contributed by atoms with Crippen LogP contribution >= 0.6 is 0 Å². The predicted molar refractivity (Wildman–Crippen MR) is 121 cm³/mol.